The molecule has 334 valence electrons. The van der Waals surface area contributed by atoms with Crippen LogP contribution in [-0.2, 0) is 10.8 Å². The van der Waals surface area contributed by atoms with E-state index in [4.69, 9.17) is 0 Å². The van der Waals surface area contributed by atoms with E-state index in [0.29, 0.717) is 11.8 Å². The fraction of sp³-hybridized carbons (Fsp3) is 0.176. The standard InChI is InChI=1S/C68H57N/c1-67(2)59-38-16-13-34-58(59)66-57(37-22-40-61(66)67)55-33-15-19-42-64(55)69(63-41-18-14-32-54(63)56-36-21-26-47-25-20-35-51(65(47)56)46-23-6-3-7-24-46)50-43-44-53-52-31-12-17-39-60(52)68(62(53)45-50,48-27-8-4-9-28-48)49-29-10-5-11-30-49/h4-5,8-22,25-34,36-46,51H,3,6-7,23-24,35H2,1-2H3. The monoisotopic (exact) mass is 887 g/mol. The topological polar surface area (TPSA) is 3.24 Å². The lowest BCUT2D eigenvalue weighted by Crippen LogP contribution is -2.28. The summed E-state index contributed by atoms with van der Waals surface area (Å²) in [7, 11) is 0. The van der Waals surface area contributed by atoms with Crippen molar-refractivity contribution in [3.8, 4) is 44.5 Å². The predicted molar refractivity (Wildman–Crippen MR) is 290 cm³/mol. The van der Waals surface area contributed by atoms with Crippen molar-refractivity contribution < 1.29 is 0 Å². The minimum atomic E-state index is -0.539. The third-order valence-corrected chi connectivity index (χ3v) is 16.6. The van der Waals surface area contributed by atoms with Gasteiger partial charge >= 0.3 is 0 Å². The molecule has 1 unspecified atom stereocenters. The summed E-state index contributed by atoms with van der Waals surface area (Å²) in [5.74, 6) is 1.20. The third kappa shape index (κ3) is 6.43. The van der Waals surface area contributed by atoms with Crippen molar-refractivity contribution in [2.75, 3.05) is 4.90 Å². The first-order valence-electron chi connectivity index (χ1n) is 25.4. The van der Waals surface area contributed by atoms with Gasteiger partial charge in [-0.1, -0.05) is 233 Å². The molecule has 1 nitrogen and oxygen atoms in total. The normalized spacial score (nSPS) is 17.0. The summed E-state index contributed by atoms with van der Waals surface area (Å²) in [6.45, 7) is 4.78. The van der Waals surface area contributed by atoms with Gasteiger partial charge in [0, 0.05) is 22.2 Å². The molecule has 1 saturated carbocycles. The summed E-state index contributed by atoms with van der Waals surface area (Å²) < 4.78 is 0. The van der Waals surface area contributed by atoms with E-state index in [2.05, 4.69) is 243 Å². The van der Waals surface area contributed by atoms with Crippen LogP contribution in [0.25, 0.3) is 50.6 Å². The van der Waals surface area contributed by atoms with Gasteiger partial charge in [0.2, 0.25) is 0 Å². The second-order valence-electron chi connectivity index (χ2n) is 20.5. The molecule has 0 heterocycles. The molecule has 0 spiro atoms. The quantitative estimate of drug-likeness (QED) is 0.147. The van der Waals surface area contributed by atoms with Crippen molar-refractivity contribution in [3.05, 3.63) is 263 Å². The van der Waals surface area contributed by atoms with Gasteiger partial charge in [-0.2, -0.15) is 0 Å². The fourth-order valence-corrected chi connectivity index (χ4v) is 13.6. The molecular weight excluding hydrogens is 831 g/mol. The third-order valence-electron chi connectivity index (χ3n) is 16.6. The summed E-state index contributed by atoms with van der Waals surface area (Å²) in [6.07, 6.45) is 12.6. The molecule has 0 saturated heterocycles. The number of allylic oxidation sites excluding steroid dienone is 1. The highest BCUT2D eigenvalue weighted by atomic mass is 15.1. The average Bonchev–Trinajstić information content (AvgIpc) is 3.85. The Hall–Kier alpha value is -7.48. The Morgan fingerprint density at radius 2 is 0.957 bits per heavy atom. The maximum Gasteiger partial charge on any atom is 0.0714 e. The molecule has 1 heteroatoms. The lowest BCUT2D eigenvalue weighted by atomic mass is 9.67. The van der Waals surface area contributed by atoms with Crippen molar-refractivity contribution in [1.29, 1.82) is 0 Å². The maximum absolute atomic E-state index is 2.62. The fourth-order valence-electron chi connectivity index (χ4n) is 13.6. The van der Waals surface area contributed by atoms with Crippen molar-refractivity contribution >= 4 is 23.1 Å². The molecule has 0 aromatic heterocycles. The number of benzene rings is 9. The van der Waals surface area contributed by atoms with Crippen LogP contribution in [0.1, 0.15) is 103 Å². The Kier molecular flexibility index (Phi) is 10.1. The largest absolute Gasteiger partial charge is 0.309 e. The second kappa shape index (κ2) is 16.6. The van der Waals surface area contributed by atoms with Crippen molar-refractivity contribution in [1.82, 2.24) is 0 Å². The van der Waals surface area contributed by atoms with E-state index in [1.165, 1.54) is 127 Å². The van der Waals surface area contributed by atoms with Crippen molar-refractivity contribution in [2.24, 2.45) is 5.92 Å². The first-order valence-corrected chi connectivity index (χ1v) is 25.4. The predicted octanol–water partition coefficient (Wildman–Crippen LogP) is 18.2. The molecule has 1 fully saturated rings. The van der Waals surface area contributed by atoms with Crippen LogP contribution in [0.15, 0.2) is 218 Å². The number of nitrogens with zero attached hydrogens (tertiary/aromatic N) is 1. The Balaban J connectivity index is 1.10. The number of fused-ring (bicyclic) bond motifs is 7. The maximum atomic E-state index is 2.62. The number of hydrogen-bond acceptors (Lipinski definition) is 1. The van der Waals surface area contributed by atoms with Gasteiger partial charge < -0.3 is 4.90 Å². The first kappa shape index (κ1) is 41.7. The first-order chi connectivity index (χ1) is 34.0. The Labute approximate surface area is 408 Å². The van der Waals surface area contributed by atoms with Crippen LogP contribution in [0.3, 0.4) is 0 Å². The molecule has 13 rings (SSSR count). The highest BCUT2D eigenvalue weighted by Crippen LogP contribution is 2.59. The van der Waals surface area contributed by atoms with E-state index in [0.717, 1.165) is 17.8 Å². The molecule has 0 aliphatic heterocycles. The highest BCUT2D eigenvalue weighted by molar-refractivity contribution is 6.01. The van der Waals surface area contributed by atoms with Crippen molar-refractivity contribution in [3.63, 3.8) is 0 Å². The van der Waals surface area contributed by atoms with Crippen LogP contribution in [0, 0.1) is 5.92 Å². The molecular formula is C68H57N. The summed E-state index contributed by atoms with van der Waals surface area (Å²) >= 11 is 0. The van der Waals surface area contributed by atoms with E-state index < -0.39 is 5.41 Å². The molecule has 1 atom stereocenters. The van der Waals surface area contributed by atoms with Crippen LogP contribution in [-0.4, -0.2) is 0 Å². The molecule has 0 bridgehead atoms. The van der Waals surface area contributed by atoms with Gasteiger partial charge in [0.15, 0.2) is 0 Å². The van der Waals surface area contributed by atoms with E-state index in [1.807, 2.05) is 0 Å². The van der Waals surface area contributed by atoms with Crippen LogP contribution in [0.2, 0.25) is 0 Å². The number of para-hydroxylation sites is 2. The van der Waals surface area contributed by atoms with Gasteiger partial charge in [-0.05, 0) is 133 Å². The van der Waals surface area contributed by atoms with Crippen LogP contribution >= 0.6 is 0 Å². The minimum Gasteiger partial charge on any atom is -0.309 e. The van der Waals surface area contributed by atoms with Gasteiger partial charge in [0.25, 0.3) is 0 Å². The summed E-state index contributed by atoms with van der Waals surface area (Å²) in [5, 5.41) is 0. The SMILES string of the molecule is CC1(C)c2ccccc2-c2c(-c3ccccc3N(c3ccc4c(c3)C(c3ccccc3)(c3ccccc3)c3ccccc3-4)c3ccccc3-c3cccc4c3C(C3CCCCC3)CC=C4)cccc21. The summed E-state index contributed by atoms with van der Waals surface area (Å²) in [4.78, 5) is 2.62. The minimum absolute atomic E-state index is 0.119. The second-order valence-corrected chi connectivity index (χ2v) is 20.5. The number of anilines is 3. The van der Waals surface area contributed by atoms with Gasteiger partial charge in [0.1, 0.15) is 0 Å². The van der Waals surface area contributed by atoms with Crippen molar-refractivity contribution in [2.45, 2.75) is 69.1 Å². The molecule has 0 N–H and O–H groups in total. The van der Waals surface area contributed by atoms with Gasteiger partial charge in [0.05, 0.1) is 16.8 Å². The van der Waals surface area contributed by atoms with Gasteiger partial charge in [-0.25, -0.2) is 0 Å². The van der Waals surface area contributed by atoms with Gasteiger partial charge in [-0.3, -0.25) is 0 Å². The van der Waals surface area contributed by atoms with Crippen LogP contribution < -0.4 is 4.90 Å². The zero-order chi connectivity index (χ0) is 46.1. The van der Waals surface area contributed by atoms with Crippen LogP contribution in [0.4, 0.5) is 17.1 Å². The summed E-state index contributed by atoms with van der Waals surface area (Å²) in [6, 6.07) is 80.6. The van der Waals surface area contributed by atoms with E-state index in [-0.39, 0.29) is 5.41 Å². The molecule has 9 aromatic carbocycles. The molecule has 0 radical (unpaired) electrons. The molecule has 4 aliphatic carbocycles. The lowest BCUT2D eigenvalue weighted by Gasteiger charge is -2.36. The lowest BCUT2D eigenvalue weighted by molar-refractivity contribution is 0.304. The average molecular weight is 888 g/mol. The molecule has 9 aromatic rings. The summed E-state index contributed by atoms with van der Waals surface area (Å²) in [5.41, 5.74) is 24.0. The van der Waals surface area contributed by atoms with E-state index in [1.54, 1.807) is 0 Å². The number of rotatable bonds is 8. The Morgan fingerprint density at radius 1 is 0.420 bits per heavy atom. The number of hydrogen-bond donors (Lipinski definition) is 0. The zero-order valence-corrected chi connectivity index (χ0v) is 39.7. The zero-order valence-electron chi connectivity index (χ0n) is 39.7. The molecule has 69 heavy (non-hydrogen) atoms. The molecule has 0 amide bonds. The van der Waals surface area contributed by atoms with E-state index in [9.17, 15) is 0 Å². The highest BCUT2D eigenvalue weighted by Gasteiger charge is 2.46. The smallest absolute Gasteiger partial charge is 0.0714 e. The Morgan fingerprint density at radius 3 is 1.67 bits per heavy atom. The van der Waals surface area contributed by atoms with Gasteiger partial charge in [-0.15, -0.1) is 0 Å². The van der Waals surface area contributed by atoms with E-state index >= 15 is 0 Å². The van der Waals surface area contributed by atoms with Crippen LogP contribution in [0.5, 0.6) is 0 Å². The molecule has 4 aliphatic rings. The Bertz CT molecular complexity index is 3400.